The second-order valence-electron chi connectivity index (χ2n) is 15.8. The van der Waals surface area contributed by atoms with Gasteiger partial charge in [0.15, 0.2) is 15.6 Å². The number of likely N-dealkylation sites (tertiary alicyclic amines) is 1. The van der Waals surface area contributed by atoms with Crippen LogP contribution in [0.2, 0.25) is 0 Å². The molecule has 4 rings (SSSR count). The van der Waals surface area contributed by atoms with Crippen molar-refractivity contribution in [2.45, 2.75) is 122 Å². The van der Waals surface area contributed by atoms with Crippen LogP contribution in [0, 0.1) is 25.7 Å². The van der Waals surface area contributed by atoms with Gasteiger partial charge in [-0.3, -0.25) is 19.3 Å². The third-order valence-electron chi connectivity index (χ3n) is 10.4. The molecule has 49 heavy (non-hydrogen) atoms. The molecule has 2 aromatic rings. The molecule has 1 aromatic heterocycles. The molecular weight excluding hydrogens is 644 g/mol. The third-order valence-corrected chi connectivity index (χ3v) is 12.5. The summed E-state index contributed by atoms with van der Waals surface area (Å²) in [6.45, 7) is 12.9. The summed E-state index contributed by atoms with van der Waals surface area (Å²) in [5.74, 6) is -0.190. The Morgan fingerprint density at radius 2 is 1.63 bits per heavy atom. The number of hydrogen-bond acceptors (Lipinski definition) is 8. The first-order chi connectivity index (χ1) is 22.8. The van der Waals surface area contributed by atoms with Gasteiger partial charge in [-0.2, -0.15) is 0 Å². The zero-order chi connectivity index (χ0) is 36.3. The minimum Gasteiger partial charge on any atom is -0.456 e. The van der Waals surface area contributed by atoms with Gasteiger partial charge in [0.05, 0.1) is 22.9 Å². The second kappa shape index (κ2) is 15.3. The second-order valence-corrected chi connectivity index (χ2v) is 18.3. The van der Waals surface area contributed by atoms with Crippen LogP contribution in [-0.4, -0.2) is 90.0 Å². The van der Waals surface area contributed by atoms with Gasteiger partial charge in [-0.25, -0.2) is 8.42 Å². The first-order valence-electron chi connectivity index (χ1n) is 17.4. The van der Waals surface area contributed by atoms with Crippen LogP contribution >= 0.6 is 0 Å². The summed E-state index contributed by atoms with van der Waals surface area (Å²) in [5.41, 5.74) is 1.17. The van der Waals surface area contributed by atoms with Crippen LogP contribution in [0.3, 0.4) is 0 Å². The van der Waals surface area contributed by atoms with E-state index in [9.17, 15) is 27.9 Å². The molecule has 2 fully saturated rings. The number of nitrogens with zero attached hydrogens (tertiary/aromatic N) is 1. The summed E-state index contributed by atoms with van der Waals surface area (Å²) in [7, 11) is -3.88. The number of sulfone groups is 1. The number of fused-ring (bicyclic) bond motifs is 1. The number of β-amino-alcohol motifs (C(OH)–C–C–N with tert-alkyl or cyclic N) is 1. The van der Waals surface area contributed by atoms with E-state index in [2.05, 4.69) is 20.9 Å². The Bertz CT molecular complexity index is 1560. The molecule has 0 radical (unpaired) electrons. The Balaban J connectivity index is 1.63. The quantitative estimate of drug-likeness (QED) is 0.261. The predicted molar refractivity (Wildman–Crippen MR) is 190 cm³/mol. The highest BCUT2D eigenvalue weighted by Gasteiger charge is 2.46. The summed E-state index contributed by atoms with van der Waals surface area (Å²) in [6, 6.07) is 8.10. The van der Waals surface area contributed by atoms with E-state index >= 15 is 0 Å². The fourth-order valence-electron chi connectivity index (χ4n) is 7.07. The number of aliphatic hydroxyl groups excluding tert-OH is 1. The normalized spacial score (nSPS) is 22.3. The van der Waals surface area contributed by atoms with Gasteiger partial charge in [0.2, 0.25) is 11.8 Å². The molecule has 0 bridgehead atoms. The first-order valence-corrected chi connectivity index (χ1v) is 19.3. The summed E-state index contributed by atoms with van der Waals surface area (Å²) < 4.78 is 29.9. The maximum Gasteiger partial charge on any atom is 0.287 e. The first kappa shape index (κ1) is 38.6. The molecule has 3 unspecified atom stereocenters. The zero-order valence-corrected chi connectivity index (χ0v) is 31.2. The Morgan fingerprint density at radius 1 is 1.00 bits per heavy atom. The van der Waals surface area contributed by atoms with E-state index in [-0.39, 0.29) is 24.6 Å². The van der Waals surface area contributed by atoms with Gasteiger partial charge >= 0.3 is 0 Å². The molecule has 1 aromatic carbocycles. The molecule has 11 nitrogen and oxygen atoms in total. The van der Waals surface area contributed by atoms with Crippen LogP contribution in [0.5, 0.6) is 0 Å². The lowest BCUT2D eigenvalue weighted by atomic mass is 9.72. The van der Waals surface area contributed by atoms with Crippen molar-refractivity contribution in [3.05, 3.63) is 59.0 Å². The Labute approximate surface area is 291 Å². The van der Waals surface area contributed by atoms with E-state index < -0.39 is 56.2 Å². The largest absolute Gasteiger partial charge is 0.456 e. The van der Waals surface area contributed by atoms with Crippen LogP contribution in [-0.2, 0) is 25.8 Å². The number of piperidine rings is 1. The minimum absolute atomic E-state index is 0.0383. The van der Waals surface area contributed by atoms with Crippen molar-refractivity contribution in [1.82, 2.24) is 20.9 Å². The molecule has 3 amide bonds. The number of hydrogen-bond donors (Lipinski definition) is 4. The van der Waals surface area contributed by atoms with Crippen molar-refractivity contribution in [2.24, 2.45) is 11.8 Å². The summed E-state index contributed by atoms with van der Waals surface area (Å²) in [5, 5.41) is 20.6. The van der Waals surface area contributed by atoms with E-state index in [1.807, 2.05) is 51.1 Å². The zero-order valence-electron chi connectivity index (χ0n) is 30.3. The number of nitrogens with one attached hydrogen (secondary N) is 3. The average molecular weight is 701 g/mol. The van der Waals surface area contributed by atoms with E-state index in [0.29, 0.717) is 30.6 Å². The molecule has 6 atom stereocenters. The maximum atomic E-state index is 14.2. The fraction of sp³-hybridized carbons (Fsp3) is 0.649. The lowest BCUT2D eigenvalue weighted by Crippen LogP contribution is -2.64. The Kier molecular flexibility index (Phi) is 12.1. The standard InChI is InChI=1S/C37H56N4O7S/c1-23-18-31(48-24(23)2)34(44)39-32(37(6,7)49(8,46)47)35(45)38-28(19-25-14-10-9-11-15-25)30(42)22-41-21-27-17-13-12-16-26(27)20-29(41)33(43)40-36(3,4)5/h9-11,14-15,18,26-30,32,42H,12-13,16-17,19-22H2,1-8H3,(H,38,45)(H,39,44)(H,40,43)/t26-,27+,28?,29?,30?,32+/m0/s1. The molecule has 1 aliphatic carbocycles. The Morgan fingerprint density at radius 3 is 2.20 bits per heavy atom. The van der Waals surface area contributed by atoms with Crippen molar-refractivity contribution >= 4 is 27.6 Å². The van der Waals surface area contributed by atoms with Crippen molar-refractivity contribution in [3.8, 4) is 0 Å². The number of carbonyl (C=O) groups is 3. The lowest BCUT2D eigenvalue weighted by Gasteiger charge is -2.47. The number of benzene rings is 1. The van der Waals surface area contributed by atoms with Gasteiger partial charge in [-0.15, -0.1) is 0 Å². The van der Waals surface area contributed by atoms with Crippen LogP contribution in [0.1, 0.15) is 94.2 Å². The third kappa shape index (κ3) is 9.73. The number of aryl methyl sites for hydroxylation is 2. The monoisotopic (exact) mass is 700 g/mol. The fourth-order valence-corrected chi connectivity index (χ4v) is 7.66. The van der Waals surface area contributed by atoms with E-state index in [0.717, 1.165) is 43.1 Å². The van der Waals surface area contributed by atoms with Gasteiger partial charge in [0.25, 0.3) is 5.91 Å². The van der Waals surface area contributed by atoms with Crippen LogP contribution in [0.15, 0.2) is 40.8 Å². The number of aliphatic hydroxyl groups is 1. The van der Waals surface area contributed by atoms with Crippen LogP contribution < -0.4 is 16.0 Å². The van der Waals surface area contributed by atoms with Crippen molar-refractivity contribution < 1.29 is 32.3 Å². The maximum absolute atomic E-state index is 14.2. The molecule has 4 N–H and O–H groups in total. The highest BCUT2D eigenvalue weighted by molar-refractivity contribution is 7.92. The molecule has 2 heterocycles. The lowest BCUT2D eigenvalue weighted by molar-refractivity contribution is -0.133. The van der Waals surface area contributed by atoms with E-state index in [1.54, 1.807) is 13.8 Å². The van der Waals surface area contributed by atoms with Crippen LogP contribution in [0.4, 0.5) is 0 Å². The molecule has 1 saturated carbocycles. The van der Waals surface area contributed by atoms with Gasteiger partial charge in [-0.05, 0) is 96.8 Å². The minimum atomic E-state index is -3.88. The summed E-state index contributed by atoms with van der Waals surface area (Å²) in [4.78, 5) is 43.2. The van der Waals surface area contributed by atoms with Gasteiger partial charge in [-0.1, -0.05) is 49.6 Å². The molecule has 12 heteroatoms. The number of furan rings is 1. The summed E-state index contributed by atoms with van der Waals surface area (Å²) in [6.07, 6.45) is 5.31. The highest BCUT2D eigenvalue weighted by Crippen LogP contribution is 2.39. The number of carbonyl (C=O) groups excluding carboxylic acids is 3. The molecule has 1 saturated heterocycles. The van der Waals surface area contributed by atoms with E-state index in [1.165, 1.54) is 19.9 Å². The van der Waals surface area contributed by atoms with Crippen molar-refractivity contribution in [3.63, 3.8) is 0 Å². The predicted octanol–water partition coefficient (Wildman–Crippen LogP) is 3.70. The highest BCUT2D eigenvalue weighted by atomic mass is 32.2. The molecule has 1 aliphatic heterocycles. The molecule has 272 valence electrons. The Hall–Kier alpha value is -3.22. The topological polar surface area (TPSA) is 158 Å². The molecular formula is C37H56N4O7S. The molecule has 2 aliphatic rings. The summed E-state index contributed by atoms with van der Waals surface area (Å²) >= 11 is 0. The SMILES string of the molecule is Cc1cc(C(=O)N[C@H](C(=O)NC(Cc2ccccc2)C(O)CN2C[C@H]3CCCC[C@H]3CC2C(=O)NC(C)(C)C)C(C)(C)S(C)(=O)=O)oc1C. The van der Waals surface area contributed by atoms with Crippen LogP contribution in [0.25, 0.3) is 0 Å². The molecule has 0 spiro atoms. The number of rotatable bonds is 12. The average Bonchev–Trinajstić information content (AvgIpc) is 3.35. The van der Waals surface area contributed by atoms with Crippen molar-refractivity contribution in [2.75, 3.05) is 19.3 Å². The van der Waals surface area contributed by atoms with Gasteiger partial charge in [0.1, 0.15) is 11.8 Å². The number of amides is 3. The van der Waals surface area contributed by atoms with Crippen molar-refractivity contribution in [1.29, 1.82) is 0 Å². The van der Waals surface area contributed by atoms with Gasteiger partial charge in [0, 0.05) is 24.9 Å². The van der Waals surface area contributed by atoms with Gasteiger partial charge < -0.3 is 25.5 Å². The smallest absolute Gasteiger partial charge is 0.287 e. The van der Waals surface area contributed by atoms with E-state index in [4.69, 9.17) is 4.42 Å².